The van der Waals surface area contributed by atoms with Crippen molar-refractivity contribution < 1.29 is 25.5 Å². The molecule has 1 saturated heterocycles. The predicted octanol–water partition coefficient (Wildman–Crippen LogP) is 5.38. The van der Waals surface area contributed by atoms with Gasteiger partial charge in [0.25, 0.3) is 0 Å². The van der Waals surface area contributed by atoms with E-state index >= 15 is 0 Å². The van der Waals surface area contributed by atoms with Crippen molar-refractivity contribution in [2.75, 3.05) is 0 Å². The summed E-state index contributed by atoms with van der Waals surface area (Å²) >= 11 is 0. The van der Waals surface area contributed by atoms with Crippen molar-refractivity contribution in [3.05, 3.63) is 108 Å². The largest absolute Gasteiger partial charge is 0.462 e. The molecule has 1 aliphatic heterocycles. The van der Waals surface area contributed by atoms with Gasteiger partial charge in [0.2, 0.25) is 0 Å². The predicted molar refractivity (Wildman–Crippen MR) is 137 cm³/mol. The molecule has 2 aliphatic rings. The van der Waals surface area contributed by atoms with Gasteiger partial charge in [0, 0.05) is 18.3 Å². The molecule has 0 aromatic heterocycles. The van der Waals surface area contributed by atoms with Crippen LogP contribution in [0.15, 0.2) is 97.1 Å². The van der Waals surface area contributed by atoms with E-state index in [-0.39, 0.29) is 36.8 Å². The van der Waals surface area contributed by atoms with E-state index in [1.165, 1.54) is 6.08 Å². The summed E-state index contributed by atoms with van der Waals surface area (Å²) < 4.78 is 19.7. The number of aryl methyl sites for hydroxylation is 1. The highest BCUT2D eigenvalue weighted by Gasteiger charge is 2.50. The van der Waals surface area contributed by atoms with Crippen molar-refractivity contribution in [3.63, 3.8) is 0 Å². The molecule has 3 aromatic carbocycles. The third-order valence-corrected chi connectivity index (χ3v) is 7.06. The summed E-state index contributed by atoms with van der Waals surface area (Å²) in [6.07, 6.45) is 2.00. The number of esters is 2. The lowest BCUT2D eigenvalue weighted by Gasteiger charge is -2.20. The number of carbonyl (C=O) groups is 2. The first-order valence-electron chi connectivity index (χ1n) is 12.9. The molecule has 5 rings (SSSR count). The summed E-state index contributed by atoms with van der Waals surface area (Å²) in [6.45, 7) is 0. The lowest BCUT2D eigenvalue weighted by atomic mass is 9.91. The summed E-state index contributed by atoms with van der Waals surface area (Å²) in [5.41, 5.74) is 3.55. The molecule has 0 unspecified atom stereocenters. The lowest BCUT2D eigenvalue weighted by molar-refractivity contribution is -0.141. The maximum atomic E-state index is 13.0. The fraction of sp³-hybridized carbons (Fsp3) is 0.290. The van der Waals surface area contributed by atoms with Crippen LogP contribution in [0.25, 0.3) is 11.1 Å². The van der Waals surface area contributed by atoms with Crippen molar-refractivity contribution >= 4 is 11.9 Å². The van der Waals surface area contributed by atoms with Gasteiger partial charge in [-0.2, -0.15) is 0 Å². The molecule has 36 heavy (non-hydrogen) atoms. The summed E-state index contributed by atoms with van der Waals surface area (Å²) in [4.78, 5) is 24.9. The molecule has 0 spiro atoms. The van der Waals surface area contributed by atoms with E-state index in [0.29, 0.717) is 18.4 Å². The minimum Gasteiger partial charge on any atom is -0.462 e. The molecule has 5 nitrogen and oxygen atoms in total. The highest BCUT2D eigenvalue weighted by atomic mass is 16.6. The first-order chi connectivity index (χ1) is 17.9. The van der Waals surface area contributed by atoms with Gasteiger partial charge in [-0.05, 0) is 41.7 Å². The molecular weight excluding hydrogens is 452 g/mol. The van der Waals surface area contributed by atoms with Crippen molar-refractivity contribution in [2.24, 2.45) is 11.8 Å². The van der Waals surface area contributed by atoms with Gasteiger partial charge in [0.1, 0.15) is 12.2 Å². The van der Waals surface area contributed by atoms with Crippen LogP contribution in [-0.2, 0) is 20.7 Å². The highest BCUT2D eigenvalue weighted by Crippen LogP contribution is 2.43. The van der Waals surface area contributed by atoms with Gasteiger partial charge in [0.15, 0.2) is 0 Å². The van der Waals surface area contributed by atoms with Crippen molar-refractivity contribution in [1.29, 1.82) is 0 Å². The molecule has 3 aromatic rings. The second kappa shape index (κ2) is 10.9. The summed E-state index contributed by atoms with van der Waals surface area (Å²) in [5, 5.41) is 10.7. The normalized spacial score (nSPS) is 25.1. The summed E-state index contributed by atoms with van der Waals surface area (Å²) in [6, 6.07) is 26.9. The number of hydrogen-bond donors (Lipinski definition) is 1. The topological polar surface area (TPSA) is 72.8 Å². The van der Waals surface area contributed by atoms with Crippen LogP contribution in [0.1, 0.15) is 36.6 Å². The first kappa shape index (κ1) is 22.7. The van der Waals surface area contributed by atoms with Gasteiger partial charge in [-0.1, -0.05) is 84.9 Å². The van der Waals surface area contributed by atoms with Gasteiger partial charge in [-0.25, -0.2) is 4.79 Å². The van der Waals surface area contributed by atoms with Crippen LogP contribution in [0.5, 0.6) is 0 Å². The summed E-state index contributed by atoms with van der Waals surface area (Å²) in [5.74, 6) is -1.18. The Hall–Kier alpha value is -3.70. The number of rotatable bonds is 8. The van der Waals surface area contributed by atoms with E-state index in [0.717, 1.165) is 16.7 Å². The lowest BCUT2D eigenvalue weighted by Crippen LogP contribution is -2.25. The number of aliphatic hydroxyl groups is 1. The maximum Gasteiger partial charge on any atom is 0.338 e. The van der Waals surface area contributed by atoms with E-state index in [9.17, 15) is 14.7 Å². The van der Waals surface area contributed by atoms with Gasteiger partial charge < -0.3 is 14.6 Å². The van der Waals surface area contributed by atoms with Gasteiger partial charge in [-0.3, -0.25) is 4.79 Å². The molecule has 1 saturated carbocycles. The van der Waals surface area contributed by atoms with Crippen LogP contribution in [0.3, 0.4) is 0 Å². The molecule has 184 valence electrons. The van der Waals surface area contributed by atoms with Crippen LogP contribution < -0.4 is 0 Å². The monoisotopic (exact) mass is 483 g/mol. The summed E-state index contributed by atoms with van der Waals surface area (Å²) in [7, 11) is 0. The first-order valence-corrected chi connectivity index (χ1v) is 12.4. The Morgan fingerprint density at radius 2 is 1.69 bits per heavy atom. The number of hydrogen-bond acceptors (Lipinski definition) is 5. The second-order valence-electron chi connectivity index (χ2n) is 9.43. The average molecular weight is 484 g/mol. The Labute approximate surface area is 212 Å². The molecule has 0 radical (unpaired) electrons. The zero-order chi connectivity index (χ0) is 25.8. The Morgan fingerprint density at radius 3 is 2.42 bits per heavy atom. The minimum absolute atomic E-state index is 0.146. The van der Waals surface area contributed by atoms with Crippen LogP contribution in [0, 0.1) is 11.8 Å². The van der Waals surface area contributed by atoms with Gasteiger partial charge >= 0.3 is 11.9 Å². The molecule has 5 atom stereocenters. The second-order valence-corrected chi connectivity index (χ2v) is 9.43. The van der Waals surface area contributed by atoms with Crippen molar-refractivity contribution in [2.45, 2.75) is 44.0 Å². The zero-order valence-electron chi connectivity index (χ0n) is 21.0. The molecule has 0 amide bonds. The molecule has 2 fully saturated rings. The maximum absolute atomic E-state index is 13.0. The Bertz CT molecular complexity index is 1250. The van der Waals surface area contributed by atoms with Crippen molar-refractivity contribution in [3.8, 4) is 11.1 Å². The van der Waals surface area contributed by atoms with E-state index in [1.54, 1.807) is 18.2 Å². The fourth-order valence-electron chi connectivity index (χ4n) is 5.15. The van der Waals surface area contributed by atoms with Crippen LogP contribution in [0.4, 0.5) is 0 Å². The third-order valence-electron chi connectivity index (χ3n) is 7.06. The Morgan fingerprint density at radius 1 is 1.03 bits per heavy atom. The van der Waals surface area contributed by atoms with E-state index < -0.39 is 18.2 Å². The van der Waals surface area contributed by atoms with Crippen LogP contribution >= 0.6 is 0 Å². The number of benzene rings is 3. The van der Waals surface area contributed by atoms with Crippen molar-refractivity contribution in [1.82, 2.24) is 0 Å². The smallest absolute Gasteiger partial charge is 0.338 e. The third kappa shape index (κ3) is 5.58. The van der Waals surface area contributed by atoms with Crippen LogP contribution in [-0.4, -0.2) is 35.3 Å². The molecule has 1 N–H and O–H groups in total. The van der Waals surface area contributed by atoms with Gasteiger partial charge in [-0.15, -0.1) is 0 Å². The van der Waals surface area contributed by atoms with Crippen LogP contribution in [0.2, 0.25) is 0 Å². The Kier molecular flexibility index (Phi) is 6.90. The Balaban J connectivity index is 1.27. The quantitative estimate of drug-likeness (QED) is 0.344. The zero-order valence-corrected chi connectivity index (χ0v) is 20.0. The molecule has 0 bridgehead atoms. The van der Waals surface area contributed by atoms with E-state index in [4.69, 9.17) is 10.8 Å². The number of ether oxygens (including phenoxy) is 2. The minimum atomic E-state index is -1.78. The number of fused-ring (bicyclic) bond motifs is 1. The highest BCUT2D eigenvalue weighted by molar-refractivity contribution is 5.90. The van der Waals surface area contributed by atoms with E-state index in [2.05, 4.69) is 0 Å². The molecule has 1 aliphatic carbocycles. The molecule has 5 heteroatoms. The van der Waals surface area contributed by atoms with Gasteiger partial charge in [0.05, 0.1) is 19.4 Å². The molecule has 1 heterocycles. The number of carbonyl (C=O) groups excluding carboxylic acids is 2. The molecular formula is C31H30O5. The average Bonchev–Trinajstić information content (AvgIpc) is 3.42. The standard InChI is InChI=1S/C31H30O5/c32-25(16-11-21-7-3-1-4-8-21)17-18-26-27-19-30(33)35-29(27)20-28(26)36-31(34)24-14-12-23(13-15-24)22-9-5-2-6-10-22/h1-10,12-15,17-18,25-29,32H,11,16,19-20H2/b18-17+/t25-,26+,27+,28+,29-/m0/s1/i25D. The fourth-order valence-corrected chi connectivity index (χ4v) is 5.15. The van der Waals surface area contributed by atoms with E-state index in [1.807, 2.05) is 72.8 Å². The SMILES string of the molecule is [2H][C@@](O)(/C=C/[C@@H]1[C@H]2CC(=O)O[C@H]2C[C@H]1OC(=O)c1ccc(-c2ccccc2)cc1)CCc1ccccc1.